The minimum absolute atomic E-state index is 0.00512. The van der Waals surface area contributed by atoms with Gasteiger partial charge in [0.2, 0.25) is 17.9 Å². The van der Waals surface area contributed by atoms with Crippen molar-refractivity contribution in [2.75, 3.05) is 39.3 Å². The van der Waals surface area contributed by atoms with Crippen LogP contribution in [0.1, 0.15) is 55.1 Å². The lowest BCUT2D eigenvalue weighted by Crippen LogP contribution is -2.49. The molecule has 70 heavy (non-hydrogen) atoms. The van der Waals surface area contributed by atoms with Crippen molar-refractivity contribution in [1.29, 1.82) is 0 Å². The lowest BCUT2D eigenvalue weighted by molar-refractivity contribution is -0.154. The number of halogens is 5. The number of ether oxygens (including phenoxy) is 4. The number of hydrogen-bond donors (Lipinski definition) is 3. The number of piperazine rings is 1. The maximum Gasteiger partial charge on any atom is 0.392 e. The Morgan fingerprint density at radius 2 is 1.80 bits per heavy atom. The minimum Gasteiger partial charge on any atom is -0.487 e. The van der Waals surface area contributed by atoms with E-state index in [2.05, 4.69) is 35.5 Å². The molecule has 1 aliphatic heterocycles. The standard InChI is InChI=1S/C49H50ClF4N7O8S/c1-28-35(11-8-31(42(28)50)24-55-16-18-61-19-17-56-38(62)25-61)40-41-44(58-27-59-45(41)70-43(40)30-6-9-33(51)10-7-30)68-37(46(64)65)23-32-21-29(22-39(63)69-48(2,3)4)5-12-36(32)67-26-34-13-15-57-47(60-34)66-20-14-49(52,53)54/h5-13,15,21,27,37,55H,14,16-20,22-26H2,1-4H3,(H,56,62)(H,64,65). The zero-order chi connectivity index (χ0) is 50.2. The Kier molecular flexibility index (Phi) is 16.5. The normalized spacial score (nSPS) is 13.8. The molecule has 7 rings (SSSR count). The second-order valence-electron chi connectivity index (χ2n) is 17.4. The van der Waals surface area contributed by atoms with Crippen LogP contribution in [0.4, 0.5) is 17.6 Å². The third kappa shape index (κ3) is 13.9. The third-order valence-electron chi connectivity index (χ3n) is 10.8. The number of benzene rings is 3. The number of alkyl halides is 3. The first-order valence-electron chi connectivity index (χ1n) is 22.2. The number of carbonyl (C=O) groups excluding carboxylic acids is 2. The van der Waals surface area contributed by atoms with E-state index in [1.807, 2.05) is 19.1 Å². The van der Waals surface area contributed by atoms with Gasteiger partial charge >= 0.3 is 24.1 Å². The number of nitrogens with zero attached hydrogens (tertiary/aromatic N) is 5. The number of carbonyl (C=O) groups is 3. The molecule has 0 spiro atoms. The van der Waals surface area contributed by atoms with Crippen LogP contribution < -0.4 is 24.8 Å². The first kappa shape index (κ1) is 51.4. The van der Waals surface area contributed by atoms with Crippen molar-refractivity contribution in [3.8, 4) is 39.2 Å². The second kappa shape index (κ2) is 22.5. The molecule has 15 nitrogen and oxygen atoms in total. The summed E-state index contributed by atoms with van der Waals surface area (Å²) in [6.07, 6.45) is -5.14. The van der Waals surface area contributed by atoms with Crippen LogP contribution in [0.2, 0.25) is 5.02 Å². The molecule has 1 amide bonds. The highest BCUT2D eigenvalue weighted by molar-refractivity contribution is 7.22. The number of nitrogens with one attached hydrogen (secondary N) is 2. The summed E-state index contributed by atoms with van der Waals surface area (Å²) in [4.78, 5) is 58.3. The topological polar surface area (TPSA) is 187 Å². The SMILES string of the molecule is Cc1c(-c2c(-c3ccc(F)cc3)sc3ncnc(OC(Cc4cc(CC(=O)OC(C)(C)C)ccc4OCc4ccnc(OCCC(F)(F)F)n4)C(=O)O)c23)ccc(CNCCN2CCNC(=O)C2)c1Cl. The summed E-state index contributed by atoms with van der Waals surface area (Å²) in [6.45, 7) is 9.61. The molecule has 3 aromatic carbocycles. The Hall–Kier alpha value is -6.48. The van der Waals surface area contributed by atoms with Gasteiger partial charge in [-0.25, -0.2) is 24.1 Å². The van der Waals surface area contributed by atoms with Crippen molar-refractivity contribution >= 4 is 51.0 Å². The molecule has 3 aromatic heterocycles. The zero-order valence-electron chi connectivity index (χ0n) is 38.6. The van der Waals surface area contributed by atoms with Gasteiger partial charge < -0.3 is 34.7 Å². The van der Waals surface area contributed by atoms with Gasteiger partial charge in [0.15, 0.2) is 0 Å². The molecule has 0 saturated carbocycles. The van der Waals surface area contributed by atoms with E-state index in [-0.39, 0.29) is 48.7 Å². The quantitative estimate of drug-likeness (QED) is 0.0377. The van der Waals surface area contributed by atoms with E-state index in [9.17, 15) is 37.1 Å². The molecule has 1 unspecified atom stereocenters. The van der Waals surface area contributed by atoms with Gasteiger partial charge in [0, 0.05) is 60.8 Å². The fourth-order valence-electron chi connectivity index (χ4n) is 7.59. The number of carboxylic acids is 1. The summed E-state index contributed by atoms with van der Waals surface area (Å²) >= 11 is 8.39. The van der Waals surface area contributed by atoms with Crippen molar-refractivity contribution < 1.29 is 56.0 Å². The number of thiophene rings is 1. The number of amides is 1. The van der Waals surface area contributed by atoms with Gasteiger partial charge in [0.1, 0.15) is 41.5 Å². The van der Waals surface area contributed by atoms with Crippen molar-refractivity contribution in [1.82, 2.24) is 35.5 Å². The molecule has 370 valence electrons. The van der Waals surface area contributed by atoms with E-state index in [4.69, 9.17) is 30.5 Å². The van der Waals surface area contributed by atoms with E-state index in [0.717, 1.165) is 12.1 Å². The average Bonchev–Trinajstić information content (AvgIpc) is 3.68. The number of aromatic nitrogens is 4. The van der Waals surface area contributed by atoms with Crippen LogP contribution in [-0.2, 0) is 45.1 Å². The lowest BCUT2D eigenvalue weighted by Gasteiger charge is -2.26. The van der Waals surface area contributed by atoms with E-state index in [1.165, 1.54) is 42.1 Å². The number of esters is 1. The first-order chi connectivity index (χ1) is 33.3. The smallest absolute Gasteiger partial charge is 0.392 e. The molecular weight excluding hydrogens is 958 g/mol. The second-order valence-corrected chi connectivity index (χ2v) is 18.8. The molecule has 1 atom stereocenters. The van der Waals surface area contributed by atoms with E-state index in [0.29, 0.717) is 86.2 Å². The van der Waals surface area contributed by atoms with Gasteiger partial charge in [0.25, 0.3) is 0 Å². The van der Waals surface area contributed by atoms with Crippen molar-refractivity contribution in [2.24, 2.45) is 0 Å². The number of rotatable bonds is 20. The highest BCUT2D eigenvalue weighted by Gasteiger charge is 2.30. The molecular formula is C49H50ClF4N7O8S. The van der Waals surface area contributed by atoms with Gasteiger partial charge in [-0.3, -0.25) is 14.5 Å². The predicted molar refractivity (Wildman–Crippen MR) is 253 cm³/mol. The highest BCUT2D eigenvalue weighted by Crippen LogP contribution is 2.49. The van der Waals surface area contributed by atoms with Crippen LogP contribution in [0, 0.1) is 12.7 Å². The molecule has 6 aromatic rings. The Balaban J connectivity index is 1.20. The number of carboxylic acid groups (broad SMARTS) is 1. The largest absolute Gasteiger partial charge is 0.487 e. The summed E-state index contributed by atoms with van der Waals surface area (Å²) in [5.74, 6) is -2.19. The Morgan fingerprint density at radius 1 is 1.01 bits per heavy atom. The lowest BCUT2D eigenvalue weighted by atomic mass is 9.94. The van der Waals surface area contributed by atoms with Crippen LogP contribution in [0.5, 0.6) is 17.6 Å². The van der Waals surface area contributed by atoms with Gasteiger partial charge in [-0.1, -0.05) is 48.0 Å². The van der Waals surface area contributed by atoms with Crippen molar-refractivity contribution in [3.63, 3.8) is 0 Å². The van der Waals surface area contributed by atoms with E-state index < -0.39 is 48.7 Å². The maximum atomic E-state index is 14.3. The van der Waals surface area contributed by atoms with Crippen LogP contribution >= 0.6 is 22.9 Å². The average molecular weight is 1010 g/mol. The van der Waals surface area contributed by atoms with E-state index >= 15 is 0 Å². The van der Waals surface area contributed by atoms with Crippen LogP contribution in [0.15, 0.2) is 73.2 Å². The number of fused-ring (bicyclic) bond motifs is 1. The summed E-state index contributed by atoms with van der Waals surface area (Å²) in [7, 11) is 0. The Bertz CT molecular complexity index is 2840. The molecule has 0 aliphatic carbocycles. The van der Waals surface area contributed by atoms with Crippen molar-refractivity contribution in [3.05, 3.63) is 112 Å². The fraction of sp³-hybridized carbons (Fsp3) is 0.367. The van der Waals surface area contributed by atoms with Crippen LogP contribution in [0.3, 0.4) is 0 Å². The summed E-state index contributed by atoms with van der Waals surface area (Å²) in [5.41, 5.74) is 3.73. The molecule has 0 radical (unpaired) electrons. The van der Waals surface area contributed by atoms with Gasteiger partial charge in [0.05, 0.1) is 30.5 Å². The van der Waals surface area contributed by atoms with Gasteiger partial charge in [-0.05, 0) is 85.3 Å². The number of aliphatic carboxylic acids is 1. The molecule has 1 aliphatic rings. The van der Waals surface area contributed by atoms with Crippen molar-refractivity contribution in [2.45, 2.75) is 78.0 Å². The molecule has 3 N–H and O–H groups in total. The summed E-state index contributed by atoms with van der Waals surface area (Å²) < 4.78 is 75.7. The number of hydrogen-bond acceptors (Lipinski definition) is 14. The third-order valence-corrected chi connectivity index (χ3v) is 12.5. The molecule has 1 fully saturated rings. The fourth-order valence-corrected chi connectivity index (χ4v) is 8.97. The Labute approximate surface area is 409 Å². The summed E-state index contributed by atoms with van der Waals surface area (Å²) in [6, 6.07) is 15.7. The van der Waals surface area contributed by atoms with Crippen LogP contribution in [0.25, 0.3) is 31.8 Å². The molecule has 21 heteroatoms. The minimum atomic E-state index is -4.43. The zero-order valence-corrected chi connectivity index (χ0v) is 40.2. The summed E-state index contributed by atoms with van der Waals surface area (Å²) in [5, 5.41) is 17.9. The monoisotopic (exact) mass is 1010 g/mol. The van der Waals surface area contributed by atoms with Crippen LogP contribution in [-0.4, -0.2) is 105 Å². The molecule has 0 bridgehead atoms. The predicted octanol–water partition coefficient (Wildman–Crippen LogP) is 8.31. The van der Waals surface area contributed by atoms with Gasteiger partial charge in [-0.2, -0.15) is 18.2 Å². The molecule has 1 saturated heterocycles. The Morgan fingerprint density at radius 3 is 2.53 bits per heavy atom. The molecule has 4 heterocycles. The first-order valence-corrected chi connectivity index (χ1v) is 23.4. The highest BCUT2D eigenvalue weighted by atomic mass is 35.5. The maximum absolute atomic E-state index is 14.3. The van der Waals surface area contributed by atoms with E-state index in [1.54, 1.807) is 51.1 Å². The van der Waals surface area contributed by atoms with Gasteiger partial charge in [-0.15, -0.1) is 11.3 Å².